The Morgan fingerprint density at radius 1 is 1.10 bits per heavy atom. The number of aliphatic hydroxyl groups excluding tert-OH is 1. The lowest BCUT2D eigenvalue weighted by atomic mass is 9.95. The molecule has 2 heterocycles. The minimum absolute atomic E-state index is 0.116. The zero-order valence-electron chi connectivity index (χ0n) is 19.7. The van der Waals surface area contributed by atoms with E-state index < -0.39 is 28.4 Å². The third-order valence-corrected chi connectivity index (χ3v) is 8.87. The van der Waals surface area contributed by atoms with Gasteiger partial charge in [-0.05, 0) is 29.3 Å². The van der Waals surface area contributed by atoms with Crippen molar-refractivity contribution in [1.29, 1.82) is 0 Å². The number of ketones is 1. The number of anilines is 1. The van der Waals surface area contributed by atoms with Crippen molar-refractivity contribution < 1.29 is 19.6 Å². The van der Waals surface area contributed by atoms with E-state index in [0.29, 0.717) is 20.7 Å². The summed E-state index contributed by atoms with van der Waals surface area (Å²) >= 11 is 12.0. The lowest BCUT2D eigenvalue weighted by Gasteiger charge is -2.22. The van der Waals surface area contributed by atoms with E-state index in [4.69, 9.17) is 11.6 Å². The molecule has 1 atom stereocenters. The fourth-order valence-corrected chi connectivity index (χ4v) is 6.45. The van der Waals surface area contributed by atoms with E-state index in [-0.39, 0.29) is 22.0 Å². The van der Waals surface area contributed by atoms with Gasteiger partial charge in [0.15, 0.2) is 4.34 Å². The molecular weight excluding hydrogens is 628 g/mol. The molecule has 0 saturated carbocycles. The number of carbonyl (C=O) groups excluding carboxylic acids is 2. The van der Waals surface area contributed by atoms with Gasteiger partial charge in [0.1, 0.15) is 5.76 Å². The van der Waals surface area contributed by atoms with Gasteiger partial charge in [0.25, 0.3) is 11.5 Å². The van der Waals surface area contributed by atoms with Gasteiger partial charge in [-0.1, -0.05) is 93.1 Å². The molecule has 1 saturated heterocycles. The number of non-ortho nitro benzene ring substituents is 1. The number of thioether (sulfide) groups is 1. The van der Waals surface area contributed by atoms with Crippen LogP contribution in [0.15, 0.2) is 87.2 Å². The maximum absolute atomic E-state index is 13.3. The quantitative estimate of drug-likeness (QED) is 0.0444. The first kappa shape index (κ1) is 27.0. The van der Waals surface area contributed by atoms with Crippen LogP contribution >= 0.6 is 50.6 Å². The number of benzene rings is 3. The second-order valence-corrected chi connectivity index (χ2v) is 11.8. The largest absolute Gasteiger partial charge is 0.507 e. The predicted octanol–water partition coefficient (Wildman–Crippen LogP) is 6.78. The summed E-state index contributed by atoms with van der Waals surface area (Å²) in [7, 11) is 0. The molecule has 0 aliphatic carbocycles. The van der Waals surface area contributed by atoms with Crippen molar-refractivity contribution in [2.24, 2.45) is 0 Å². The van der Waals surface area contributed by atoms with Crippen molar-refractivity contribution in [2.75, 3.05) is 4.90 Å². The van der Waals surface area contributed by atoms with Gasteiger partial charge in [-0.15, -0.1) is 10.2 Å². The van der Waals surface area contributed by atoms with Gasteiger partial charge >= 0.3 is 5.91 Å². The predicted molar refractivity (Wildman–Crippen MR) is 153 cm³/mol. The summed E-state index contributed by atoms with van der Waals surface area (Å²) in [6.07, 6.45) is 0. The van der Waals surface area contributed by atoms with Crippen LogP contribution < -0.4 is 4.90 Å². The van der Waals surface area contributed by atoms with Gasteiger partial charge in [-0.25, -0.2) is 0 Å². The Morgan fingerprint density at radius 2 is 1.85 bits per heavy atom. The minimum Gasteiger partial charge on any atom is -0.507 e. The average Bonchev–Trinajstić information content (AvgIpc) is 3.50. The number of Topliss-reactive ketones (excluding diaryl/α,β-unsaturated/α-hetero) is 1. The van der Waals surface area contributed by atoms with E-state index in [1.54, 1.807) is 36.4 Å². The molecule has 4 aromatic rings. The Morgan fingerprint density at radius 3 is 2.56 bits per heavy atom. The molecule has 1 N–H and O–H groups in total. The van der Waals surface area contributed by atoms with Crippen LogP contribution in [-0.2, 0) is 15.3 Å². The van der Waals surface area contributed by atoms with Gasteiger partial charge in [0.05, 0.1) is 16.5 Å². The van der Waals surface area contributed by atoms with Crippen molar-refractivity contribution in [3.63, 3.8) is 0 Å². The maximum Gasteiger partial charge on any atom is 0.301 e. The summed E-state index contributed by atoms with van der Waals surface area (Å²) in [5.74, 6) is -1.76. The highest BCUT2D eigenvalue weighted by molar-refractivity contribution is 9.10. The third-order valence-electron chi connectivity index (χ3n) is 5.87. The zero-order chi connectivity index (χ0) is 27.7. The van der Waals surface area contributed by atoms with Gasteiger partial charge in [0, 0.05) is 32.9 Å². The van der Waals surface area contributed by atoms with Crippen LogP contribution in [0.2, 0.25) is 5.02 Å². The van der Waals surface area contributed by atoms with E-state index in [1.165, 1.54) is 30.0 Å². The molecule has 0 bridgehead atoms. The molecule has 13 heteroatoms. The van der Waals surface area contributed by atoms with Crippen LogP contribution in [0, 0.1) is 10.1 Å². The van der Waals surface area contributed by atoms with E-state index in [2.05, 4.69) is 26.1 Å². The summed E-state index contributed by atoms with van der Waals surface area (Å²) in [5, 5.41) is 31.7. The molecular formula is C26H16BrClN4O5S2. The Balaban J connectivity index is 1.57. The Bertz CT molecular complexity index is 1640. The highest BCUT2D eigenvalue weighted by Crippen LogP contribution is 2.44. The number of aromatic nitrogens is 2. The first-order valence-corrected chi connectivity index (χ1v) is 14.2. The molecule has 1 aliphatic heterocycles. The van der Waals surface area contributed by atoms with Crippen LogP contribution in [-0.4, -0.2) is 31.9 Å². The van der Waals surface area contributed by atoms with Crippen molar-refractivity contribution in [1.82, 2.24) is 10.2 Å². The number of aliphatic hydroxyl groups is 1. The third kappa shape index (κ3) is 5.46. The summed E-state index contributed by atoms with van der Waals surface area (Å²) in [6, 6.07) is 18.3. The average molecular weight is 644 g/mol. The lowest BCUT2D eigenvalue weighted by Crippen LogP contribution is -2.29. The lowest BCUT2D eigenvalue weighted by molar-refractivity contribution is -0.384. The summed E-state index contributed by atoms with van der Waals surface area (Å²) in [4.78, 5) is 38.7. The van der Waals surface area contributed by atoms with Crippen LogP contribution in [0.5, 0.6) is 0 Å². The van der Waals surface area contributed by atoms with E-state index >= 15 is 0 Å². The standard InChI is InChI=1S/C26H16BrClN4O5S2/c27-17-10-8-14(9-11-17)22(33)20-21(15-5-3-6-18(12-15)32(36)37)31(24(35)23(20)34)25-29-30-26(39-25)38-13-16-4-1-2-7-19(16)28/h1-12,21,33H,13H2/b22-20-. The van der Waals surface area contributed by atoms with Crippen molar-refractivity contribution >= 4 is 78.9 Å². The molecule has 3 aromatic carbocycles. The Hall–Kier alpha value is -3.58. The van der Waals surface area contributed by atoms with Crippen LogP contribution in [0.1, 0.15) is 22.7 Å². The first-order valence-electron chi connectivity index (χ1n) is 11.3. The van der Waals surface area contributed by atoms with Crippen LogP contribution in [0.25, 0.3) is 5.76 Å². The molecule has 1 aromatic heterocycles. The number of nitrogens with zero attached hydrogens (tertiary/aromatic N) is 4. The molecule has 5 rings (SSSR count). The fraction of sp³-hybridized carbons (Fsp3) is 0.0769. The molecule has 39 heavy (non-hydrogen) atoms. The number of hydrogen-bond donors (Lipinski definition) is 1. The molecule has 1 amide bonds. The van der Waals surface area contributed by atoms with Crippen LogP contribution in [0.4, 0.5) is 10.8 Å². The number of rotatable bonds is 7. The number of nitro groups is 1. The number of carbonyl (C=O) groups is 2. The molecule has 9 nitrogen and oxygen atoms in total. The highest BCUT2D eigenvalue weighted by Gasteiger charge is 2.48. The van der Waals surface area contributed by atoms with Gasteiger partial charge in [-0.2, -0.15) is 0 Å². The van der Waals surface area contributed by atoms with Crippen molar-refractivity contribution in [3.05, 3.63) is 115 Å². The number of nitro benzene ring substituents is 1. The molecule has 1 fully saturated rings. The minimum atomic E-state index is -1.16. The van der Waals surface area contributed by atoms with Crippen molar-refractivity contribution in [3.8, 4) is 0 Å². The SMILES string of the molecule is O=C1C(=O)N(c2nnc(SCc3ccccc3Cl)s2)C(c2cccc([N+](=O)[O-])c2)/C1=C(/O)c1ccc(Br)cc1. The van der Waals surface area contributed by atoms with E-state index in [0.717, 1.165) is 26.3 Å². The summed E-state index contributed by atoms with van der Waals surface area (Å²) < 4.78 is 1.28. The second-order valence-electron chi connectivity index (χ2n) is 8.26. The monoisotopic (exact) mass is 642 g/mol. The topological polar surface area (TPSA) is 127 Å². The Kier molecular flexibility index (Phi) is 7.80. The smallest absolute Gasteiger partial charge is 0.301 e. The molecule has 0 spiro atoms. The molecule has 1 unspecified atom stereocenters. The fourth-order valence-electron chi connectivity index (χ4n) is 4.03. The van der Waals surface area contributed by atoms with E-state index in [9.17, 15) is 24.8 Å². The van der Waals surface area contributed by atoms with Gasteiger partial charge in [0.2, 0.25) is 5.13 Å². The summed E-state index contributed by atoms with van der Waals surface area (Å²) in [6.45, 7) is 0. The maximum atomic E-state index is 13.3. The van der Waals surface area contributed by atoms with Gasteiger partial charge < -0.3 is 5.11 Å². The van der Waals surface area contributed by atoms with Crippen molar-refractivity contribution in [2.45, 2.75) is 16.1 Å². The van der Waals surface area contributed by atoms with Gasteiger partial charge in [-0.3, -0.25) is 24.6 Å². The Labute approximate surface area is 243 Å². The number of hydrogen-bond acceptors (Lipinski definition) is 9. The first-order chi connectivity index (χ1) is 18.7. The van der Waals surface area contributed by atoms with E-state index in [1.807, 2.05) is 18.2 Å². The summed E-state index contributed by atoms with van der Waals surface area (Å²) in [5.41, 5.74) is 1.04. The number of amides is 1. The number of halogens is 2. The highest BCUT2D eigenvalue weighted by atomic mass is 79.9. The van der Waals surface area contributed by atoms with Crippen LogP contribution in [0.3, 0.4) is 0 Å². The zero-order valence-corrected chi connectivity index (χ0v) is 23.6. The molecule has 1 aliphatic rings. The normalized spacial score (nSPS) is 16.6. The second kappa shape index (κ2) is 11.3. The molecule has 0 radical (unpaired) electrons. The molecule has 196 valence electrons.